The van der Waals surface area contributed by atoms with Gasteiger partial charge in [-0.05, 0) is 38.0 Å². The van der Waals surface area contributed by atoms with E-state index in [1.165, 1.54) is 0 Å². The second-order valence-electron chi connectivity index (χ2n) is 6.77. The van der Waals surface area contributed by atoms with Crippen LogP contribution in [0, 0.1) is 11.3 Å². The minimum Gasteiger partial charge on any atom is -0.547 e. The largest absolute Gasteiger partial charge is 0.547 e. The van der Waals surface area contributed by atoms with Gasteiger partial charge in [-0.3, -0.25) is 0 Å². The van der Waals surface area contributed by atoms with E-state index in [4.69, 9.17) is 9.78 Å². The molecule has 18 heavy (non-hydrogen) atoms. The van der Waals surface area contributed by atoms with Crippen LogP contribution < -0.4 is 5.11 Å². The second kappa shape index (κ2) is 6.53. The molecule has 0 saturated carbocycles. The predicted molar refractivity (Wildman–Crippen MR) is 68.6 cm³/mol. The Morgan fingerprint density at radius 2 is 1.72 bits per heavy atom. The fourth-order valence-corrected chi connectivity index (χ4v) is 1.68. The maximum Gasteiger partial charge on any atom is 0.135 e. The Balaban J connectivity index is 4.54. The average molecular weight is 259 g/mol. The molecule has 108 valence electrons. The molecule has 0 heterocycles. The van der Waals surface area contributed by atoms with Crippen LogP contribution in [-0.2, 0) is 14.6 Å². The number of hydrogen-bond acceptors (Lipinski definition) is 4. The van der Waals surface area contributed by atoms with Crippen molar-refractivity contribution in [1.29, 1.82) is 0 Å². The van der Waals surface area contributed by atoms with E-state index < -0.39 is 17.7 Å². The molecule has 0 aliphatic carbocycles. The van der Waals surface area contributed by atoms with Crippen molar-refractivity contribution in [3.63, 3.8) is 0 Å². The number of carboxylic acid groups (broad SMARTS) is 1. The first kappa shape index (κ1) is 17.4. The lowest BCUT2D eigenvalue weighted by Crippen LogP contribution is -2.44. The molecule has 2 atom stereocenters. The Labute approximate surface area is 111 Å². The van der Waals surface area contributed by atoms with Gasteiger partial charge in [-0.25, -0.2) is 9.78 Å². The van der Waals surface area contributed by atoms with Crippen LogP contribution in [0.1, 0.15) is 61.3 Å². The molecule has 0 aromatic carbocycles. The lowest BCUT2D eigenvalue weighted by molar-refractivity contribution is -0.401. The lowest BCUT2D eigenvalue weighted by atomic mass is 9.83. The summed E-state index contributed by atoms with van der Waals surface area (Å²) in [6.45, 7) is 13.7. The number of carbonyl (C=O) groups excluding carboxylic acids is 1. The van der Waals surface area contributed by atoms with E-state index in [1.54, 1.807) is 0 Å². The molecule has 0 aliphatic rings. The highest BCUT2D eigenvalue weighted by molar-refractivity contribution is 5.70. The second-order valence-corrected chi connectivity index (χ2v) is 6.77. The minimum atomic E-state index is -1.22. The van der Waals surface area contributed by atoms with Gasteiger partial charge < -0.3 is 9.90 Å². The highest BCUT2D eigenvalue weighted by Gasteiger charge is 2.28. The van der Waals surface area contributed by atoms with Gasteiger partial charge in [0.05, 0.1) is 11.6 Å². The van der Waals surface area contributed by atoms with Crippen molar-refractivity contribution >= 4 is 5.97 Å². The fraction of sp³-hybridized carbons (Fsp3) is 0.929. The van der Waals surface area contributed by atoms with Gasteiger partial charge in [-0.2, -0.15) is 0 Å². The van der Waals surface area contributed by atoms with E-state index in [1.807, 2.05) is 27.7 Å². The molecule has 0 rings (SSSR count). The SMILES string of the molecule is CCC(C)(C)OOC(C(=O)[O-])C(C)CC(C)(C)C. The van der Waals surface area contributed by atoms with Crippen molar-refractivity contribution in [2.75, 3.05) is 0 Å². The van der Waals surface area contributed by atoms with E-state index in [9.17, 15) is 9.90 Å². The van der Waals surface area contributed by atoms with Crippen LogP contribution in [0.15, 0.2) is 0 Å². The summed E-state index contributed by atoms with van der Waals surface area (Å²) in [5.74, 6) is -1.39. The molecular formula is C14H27O4-. The van der Waals surface area contributed by atoms with Gasteiger partial charge in [-0.15, -0.1) is 0 Å². The van der Waals surface area contributed by atoms with E-state index in [0.717, 1.165) is 12.8 Å². The summed E-state index contributed by atoms with van der Waals surface area (Å²) < 4.78 is 0. The summed E-state index contributed by atoms with van der Waals surface area (Å²) in [6.07, 6.45) is 0.428. The Morgan fingerprint density at radius 3 is 2.06 bits per heavy atom. The molecule has 0 aromatic rings. The number of aliphatic carboxylic acids is 1. The summed E-state index contributed by atoms with van der Waals surface area (Å²) in [7, 11) is 0. The summed E-state index contributed by atoms with van der Waals surface area (Å²) in [5, 5.41) is 11.1. The van der Waals surface area contributed by atoms with Crippen LogP contribution in [0.3, 0.4) is 0 Å². The molecule has 0 N–H and O–H groups in total. The molecule has 0 bridgehead atoms. The third-order valence-corrected chi connectivity index (χ3v) is 2.91. The zero-order valence-corrected chi connectivity index (χ0v) is 12.7. The Morgan fingerprint density at radius 1 is 1.22 bits per heavy atom. The summed E-state index contributed by atoms with van der Waals surface area (Å²) in [5.41, 5.74) is -0.452. The van der Waals surface area contributed by atoms with Gasteiger partial charge in [0, 0.05) is 0 Å². The lowest BCUT2D eigenvalue weighted by Gasteiger charge is -2.32. The molecule has 4 heteroatoms. The molecule has 0 saturated heterocycles. The Kier molecular flexibility index (Phi) is 6.30. The van der Waals surface area contributed by atoms with Gasteiger partial charge >= 0.3 is 0 Å². The topological polar surface area (TPSA) is 58.6 Å². The molecule has 0 fully saturated rings. The Bertz CT molecular complexity index is 265. The zero-order valence-electron chi connectivity index (χ0n) is 12.7. The Hall–Kier alpha value is -0.610. The highest BCUT2D eigenvalue weighted by atomic mass is 17.2. The summed E-state index contributed by atoms with van der Waals surface area (Å²) in [4.78, 5) is 21.4. The number of carboxylic acids is 1. The van der Waals surface area contributed by atoms with Gasteiger partial charge in [0.25, 0.3) is 0 Å². The summed E-state index contributed by atoms with van der Waals surface area (Å²) >= 11 is 0. The highest BCUT2D eigenvalue weighted by Crippen LogP contribution is 2.28. The number of carbonyl (C=O) groups is 1. The molecule has 0 spiro atoms. The average Bonchev–Trinajstić information content (AvgIpc) is 2.14. The van der Waals surface area contributed by atoms with Crippen LogP contribution in [0.2, 0.25) is 0 Å². The van der Waals surface area contributed by atoms with Crippen LogP contribution in [0.25, 0.3) is 0 Å². The number of rotatable bonds is 7. The molecule has 0 aliphatic heterocycles. The monoisotopic (exact) mass is 259 g/mol. The van der Waals surface area contributed by atoms with Gasteiger partial charge in [0.2, 0.25) is 0 Å². The number of hydrogen-bond donors (Lipinski definition) is 0. The standard InChI is InChI=1S/C14H28O4/c1-8-14(6,7)18-17-11(12(15)16)10(2)9-13(3,4)5/h10-11H,8-9H2,1-7H3,(H,15,16)/p-1. The van der Waals surface area contributed by atoms with Crippen LogP contribution in [0.4, 0.5) is 0 Å². The molecule has 0 aromatic heterocycles. The minimum absolute atomic E-state index is 0.0384. The van der Waals surface area contributed by atoms with Crippen LogP contribution >= 0.6 is 0 Å². The fourth-order valence-electron chi connectivity index (χ4n) is 1.68. The van der Waals surface area contributed by atoms with E-state index in [2.05, 4.69) is 20.8 Å². The maximum atomic E-state index is 11.1. The summed E-state index contributed by atoms with van der Waals surface area (Å²) in [6, 6.07) is 0. The predicted octanol–water partition coefficient (Wildman–Crippen LogP) is 2.31. The first-order valence-corrected chi connectivity index (χ1v) is 6.54. The van der Waals surface area contributed by atoms with E-state index >= 15 is 0 Å². The third kappa shape index (κ3) is 6.97. The van der Waals surface area contributed by atoms with Crippen molar-refractivity contribution in [3.8, 4) is 0 Å². The van der Waals surface area contributed by atoms with E-state index in [0.29, 0.717) is 0 Å². The van der Waals surface area contributed by atoms with Gasteiger partial charge in [-0.1, -0.05) is 34.6 Å². The zero-order chi connectivity index (χ0) is 14.6. The third-order valence-electron chi connectivity index (χ3n) is 2.91. The van der Waals surface area contributed by atoms with E-state index in [-0.39, 0.29) is 11.3 Å². The van der Waals surface area contributed by atoms with Crippen molar-refractivity contribution in [2.45, 2.75) is 73.0 Å². The quantitative estimate of drug-likeness (QED) is 0.520. The molecule has 0 radical (unpaired) electrons. The van der Waals surface area contributed by atoms with Crippen molar-refractivity contribution < 1.29 is 19.7 Å². The van der Waals surface area contributed by atoms with Crippen molar-refractivity contribution in [3.05, 3.63) is 0 Å². The van der Waals surface area contributed by atoms with Crippen LogP contribution in [-0.4, -0.2) is 17.7 Å². The molecule has 2 unspecified atom stereocenters. The first-order valence-electron chi connectivity index (χ1n) is 6.54. The van der Waals surface area contributed by atoms with Crippen LogP contribution in [0.5, 0.6) is 0 Å². The molecular weight excluding hydrogens is 232 g/mol. The smallest absolute Gasteiger partial charge is 0.135 e. The maximum absolute atomic E-state index is 11.1. The molecule has 0 amide bonds. The molecule has 4 nitrogen and oxygen atoms in total. The normalized spacial score (nSPS) is 16.4. The first-order chi connectivity index (χ1) is 7.98. The van der Waals surface area contributed by atoms with Gasteiger partial charge in [0.15, 0.2) is 0 Å². The van der Waals surface area contributed by atoms with Crippen molar-refractivity contribution in [1.82, 2.24) is 0 Å². The van der Waals surface area contributed by atoms with Gasteiger partial charge in [0.1, 0.15) is 6.10 Å². The van der Waals surface area contributed by atoms with Crippen molar-refractivity contribution in [2.24, 2.45) is 11.3 Å².